The topological polar surface area (TPSA) is 160 Å². The number of nitrogens with zero attached hydrogens (tertiary/aromatic N) is 1. The molecule has 1 unspecified atom stereocenters. The maximum absolute atomic E-state index is 12.0. The number of carbonyl (C=O) groups excluding carboxylic acids is 3. The lowest BCUT2D eigenvalue weighted by molar-refractivity contribution is -0.158. The standard InChI is InChI=1S/C16H18N2O8S/c1-10(7-12-5-3-4-6-13(12)27(22,23)24)16(21)25-9-14(18-17)26-15(20)8-11(2)19/h3-7,14,17H,8-9H2,1-2H3,(H,22,23,24). The van der Waals surface area contributed by atoms with Crippen molar-refractivity contribution in [2.24, 2.45) is 5.11 Å². The Morgan fingerprint density at radius 1 is 1.26 bits per heavy atom. The molecule has 0 heterocycles. The molecule has 1 aromatic rings. The van der Waals surface area contributed by atoms with Crippen molar-refractivity contribution in [1.82, 2.24) is 0 Å². The highest BCUT2D eigenvalue weighted by Gasteiger charge is 2.19. The molecule has 146 valence electrons. The van der Waals surface area contributed by atoms with Crippen LogP contribution in [0.25, 0.3) is 6.08 Å². The van der Waals surface area contributed by atoms with E-state index in [1.54, 1.807) is 0 Å². The molecule has 0 aromatic heterocycles. The Morgan fingerprint density at radius 2 is 1.89 bits per heavy atom. The lowest BCUT2D eigenvalue weighted by Gasteiger charge is -2.12. The third-order valence-electron chi connectivity index (χ3n) is 3.05. The first kappa shape index (κ1) is 22.1. The quantitative estimate of drug-likeness (QED) is 0.209. The van der Waals surface area contributed by atoms with Crippen molar-refractivity contribution in [1.29, 1.82) is 5.53 Å². The summed E-state index contributed by atoms with van der Waals surface area (Å²) in [5.74, 6) is -2.22. The Kier molecular flexibility index (Phi) is 7.94. The van der Waals surface area contributed by atoms with E-state index in [2.05, 4.69) is 5.11 Å². The second-order valence-corrected chi connectivity index (χ2v) is 6.78. The summed E-state index contributed by atoms with van der Waals surface area (Å²) >= 11 is 0. The molecule has 2 N–H and O–H groups in total. The molecule has 0 fully saturated rings. The second kappa shape index (κ2) is 9.69. The van der Waals surface area contributed by atoms with Gasteiger partial charge in [0.05, 0.1) is 0 Å². The number of ether oxygens (including phenoxy) is 2. The van der Waals surface area contributed by atoms with Gasteiger partial charge in [-0.1, -0.05) is 18.2 Å². The fourth-order valence-corrected chi connectivity index (χ4v) is 2.56. The van der Waals surface area contributed by atoms with Crippen molar-refractivity contribution >= 4 is 33.9 Å². The summed E-state index contributed by atoms with van der Waals surface area (Å²) in [6, 6.07) is 5.47. The maximum Gasteiger partial charge on any atom is 0.333 e. The van der Waals surface area contributed by atoms with Gasteiger partial charge >= 0.3 is 11.9 Å². The van der Waals surface area contributed by atoms with Crippen LogP contribution in [0.15, 0.2) is 39.8 Å². The lowest BCUT2D eigenvalue weighted by atomic mass is 10.1. The first-order valence-corrected chi connectivity index (χ1v) is 8.96. The zero-order chi connectivity index (χ0) is 20.6. The van der Waals surface area contributed by atoms with Crippen molar-refractivity contribution < 1.29 is 36.8 Å². The largest absolute Gasteiger partial charge is 0.456 e. The van der Waals surface area contributed by atoms with Gasteiger partial charge in [0.2, 0.25) is 6.23 Å². The van der Waals surface area contributed by atoms with Crippen LogP contribution in [-0.4, -0.2) is 43.5 Å². The lowest BCUT2D eigenvalue weighted by Crippen LogP contribution is -2.24. The SMILES string of the molecule is CC(=O)CC(=O)OC(COC(=O)C(C)=Cc1ccccc1S(=O)(=O)O)N=N. The van der Waals surface area contributed by atoms with E-state index in [0.29, 0.717) is 0 Å². The van der Waals surface area contributed by atoms with Crippen LogP contribution < -0.4 is 0 Å². The van der Waals surface area contributed by atoms with E-state index >= 15 is 0 Å². The predicted molar refractivity (Wildman–Crippen MR) is 91.2 cm³/mol. The van der Waals surface area contributed by atoms with Crippen molar-refractivity contribution in [3.63, 3.8) is 0 Å². The first-order chi connectivity index (χ1) is 12.5. The van der Waals surface area contributed by atoms with E-state index in [9.17, 15) is 27.4 Å². The van der Waals surface area contributed by atoms with E-state index in [1.165, 1.54) is 44.2 Å². The molecule has 0 saturated carbocycles. The van der Waals surface area contributed by atoms with Crippen LogP contribution >= 0.6 is 0 Å². The number of hydrogen-bond donors (Lipinski definition) is 2. The van der Waals surface area contributed by atoms with Crippen LogP contribution in [-0.2, 0) is 34.0 Å². The smallest absolute Gasteiger partial charge is 0.333 e. The number of carbonyl (C=O) groups is 3. The van der Waals surface area contributed by atoms with Crippen LogP contribution in [0, 0.1) is 5.53 Å². The number of hydrogen-bond acceptors (Lipinski definition) is 9. The average Bonchev–Trinajstić information content (AvgIpc) is 2.57. The number of Topliss-reactive ketones (excluding diaryl/α,β-unsaturated/α-hetero) is 1. The van der Waals surface area contributed by atoms with Gasteiger partial charge in [0.25, 0.3) is 10.1 Å². The summed E-state index contributed by atoms with van der Waals surface area (Å²) in [4.78, 5) is 33.8. The Labute approximate surface area is 155 Å². The molecule has 0 aliphatic rings. The van der Waals surface area contributed by atoms with Crippen molar-refractivity contribution in [3.05, 3.63) is 35.4 Å². The summed E-state index contributed by atoms with van der Waals surface area (Å²) in [6.07, 6.45) is -0.704. The monoisotopic (exact) mass is 398 g/mol. The van der Waals surface area contributed by atoms with E-state index < -0.39 is 47.1 Å². The molecule has 27 heavy (non-hydrogen) atoms. The Morgan fingerprint density at radius 3 is 2.44 bits per heavy atom. The Bertz CT molecular complexity index is 876. The third-order valence-corrected chi connectivity index (χ3v) is 3.98. The van der Waals surface area contributed by atoms with E-state index in [0.717, 1.165) is 0 Å². The predicted octanol–water partition coefficient (Wildman–Crippen LogP) is 1.76. The van der Waals surface area contributed by atoms with Crippen molar-refractivity contribution in [2.45, 2.75) is 31.4 Å². The fraction of sp³-hybridized carbons (Fsp3) is 0.312. The van der Waals surface area contributed by atoms with Crippen molar-refractivity contribution in [2.75, 3.05) is 6.61 Å². The summed E-state index contributed by atoms with van der Waals surface area (Å²) in [6.45, 7) is 1.97. The minimum atomic E-state index is -4.48. The molecule has 0 aliphatic heterocycles. The minimum absolute atomic E-state index is 0.00936. The highest BCUT2D eigenvalue weighted by molar-refractivity contribution is 7.85. The number of rotatable bonds is 9. The van der Waals surface area contributed by atoms with Gasteiger partial charge < -0.3 is 9.47 Å². The maximum atomic E-state index is 12.0. The molecule has 0 spiro atoms. The van der Waals surface area contributed by atoms with Gasteiger partial charge in [-0.15, -0.1) is 5.11 Å². The Hall–Kier alpha value is -2.92. The molecule has 1 rings (SSSR count). The van der Waals surface area contributed by atoms with Crippen LogP contribution in [0.1, 0.15) is 25.8 Å². The first-order valence-electron chi connectivity index (χ1n) is 7.52. The highest BCUT2D eigenvalue weighted by Crippen LogP contribution is 2.18. The fourth-order valence-electron chi connectivity index (χ4n) is 1.88. The number of ketones is 1. The molecule has 11 heteroatoms. The van der Waals surface area contributed by atoms with Gasteiger partial charge in [0, 0.05) is 5.57 Å². The van der Waals surface area contributed by atoms with Crippen LogP contribution in [0.5, 0.6) is 0 Å². The molecule has 0 amide bonds. The van der Waals surface area contributed by atoms with Crippen molar-refractivity contribution in [3.8, 4) is 0 Å². The minimum Gasteiger partial charge on any atom is -0.456 e. The Balaban J connectivity index is 2.80. The van der Waals surface area contributed by atoms with Gasteiger partial charge in [0.15, 0.2) is 6.61 Å². The average molecular weight is 398 g/mol. The number of esters is 2. The van der Waals surface area contributed by atoms with Gasteiger partial charge in [-0.2, -0.15) is 8.42 Å². The summed E-state index contributed by atoms with van der Waals surface area (Å²) < 4.78 is 41.4. The summed E-state index contributed by atoms with van der Waals surface area (Å²) in [7, 11) is -4.48. The molecule has 0 radical (unpaired) electrons. The molecule has 0 aliphatic carbocycles. The van der Waals surface area contributed by atoms with Gasteiger partial charge in [-0.05, 0) is 31.6 Å². The van der Waals surface area contributed by atoms with Crippen LogP contribution in [0.3, 0.4) is 0 Å². The zero-order valence-corrected chi connectivity index (χ0v) is 15.4. The van der Waals surface area contributed by atoms with Gasteiger partial charge in [-0.3, -0.25) is 14.1 Å². The molecule has 1 atom stereocenters. The molecule has 0 saturated heterocycles. The van der Waals surface area contributed by atoms with E-state index in [1.807, 2.05) is 0 Å². The van der Waals surface area contributed by atoms with E-state index in [-0.39, 0.29) is 16.0 Å². The molecule has 1 aromatic carbocycles. The molecular formula is C16H18N2O8S. The third kappa shape index (κ3) is 7.46. The molecule has 10 nitrogen and oxygen atoms in total. The highest BCUT2D eigenvalue weighted by atomic mass is 32.2. The summed E-state index contributed by atoms with van der Waals surface area (Å²) in [5.41, 5.74) is 6.99. The second-order valence-electron chi connectivity index (χ2n) is 5.39. The number of nitrogens with one attached hydrogen (secondary N) is 1. The molecule has 0 bridgehead atoms. The molecular weight excluding hydrogens is 380 g/mol. The number of benzene rings is 1. The van der Waals surface area contributed by atoms with Gasteiger partial charge in [-0.25, -0.2) is 10.3 Å². The normalized spacial score (nSPS) is 12.8. The van der Waals surface area contributed by atoms with Gasteiger partial charge in [0.1, 0.15) is 17.1 Å². The zero-order valence-electron chi connectivity index (χ0n) is 14.5. The van der Waals surface area contributed by atoms with E-state index in [4.69, 9.17) is 15.0 Å². The van der Waals surface area contributed by atoms with Crippen LogP contribution in [0.2, 0.25) is 0 Å². The van der Waals surface area contributed by atoms with Crippen LogP contribution in [0.4, 0.5) is 0 Å². The summed E-state index contributed by atoms with van der Waals surface area (Å²) in [5, 5.41) is 2.98.